The second-order valence-electron chi connectivity index (χ2n) is 9.99. The van der Waals surface area contributed by atoms with Gasteiger partial charge in [-0.15, -0.1) is 5.54 Å². The van der Waals surface area contributed by atoms with Crippen molar-refractivity contribution in [2.24, 2.45) is 9.36 Å². The Morgan fingerprint density at radius 1 is 1.32 bits per heavy atom. The quantitative estimate of drug-likeness (QED) is 0.504. The van der Waals surface area contributed by atoms with Crippen LogP contribution in [0.4, 0.5) is 9.18 Å². The molecule has 2 N–H and O–H groups in total. The van der Waals surface area contributed by atoms with Gasteiger partial charge in [0.1, 0.15) is 30.0 Å². The van der Waals surface area contributed by atoms with Gasteiger partial charge in [-0.1, -0.05) is 25.6 Å². The molecule has 2 aliphatic rings. The summed E-state index contributed by atoms with van der Waals surface area (Å²) in [5, 5.41) is 11.7. The lowest BCUT2D eigenvalue weighted by atomic mass is 9.92. The van der Waals surface area contributed by atoms with E-state index >= 15 is 4.39 Å². The van der Waals surface area contributed by atoms with Crippen molar-refractivity contribution in [3.63, 3.8) is 0 Å². The average molecular weight is 464 g/mol. The summed E-state index contributed by atoms with van der Waals surface area (Å²) in [4.78, 5) is 16.1. The predicted molar refractivity (Wildman–Crippen MR) is 125 cm³/mol. The number of amidine groups is 1. The lowest BCUT2D eigenvalue weighted by Gasteiger charge is -2.41. The number of benzene rings is 1. The lowest BCUT2D eigenvalue weighted by Crippen LogP contribution is -2.57. The number of hydrogen-bond donors (Lipinski definition) is 2. The van der Waals surface area contributed by atoms with Gasteiger partial charge in [-0.05, 0) is 51.8 Å². The average Bonchev–Trinajstić information content (AvgIpc) is 3.41. The molecule has 168 valence electrons. The zero-order valence-corrected chi connectivity index (χ0v) is 20.7. The fourth-order valence-corrected chi connectivity index (χ4v) is 6.70. The number of rotatable bonds is 2. The third-order valence-corrected chi connectivity index (χ3v) is 9.68. The maximum Gasteiger partial charge on any atom is 0.410 e. The van der Waals surface area contributed by atoms with Gasteiger partial charge in [-0.25, -0.2) is 17.8 Å². The van der Waals surface area contributed by atoms with Crippen molar-refractivity contribution < 1.29 is 18.5 Å². The van der Waals surface area contributed by atoms with Crippen LogP contribution in [-0.2, 0) is 15.3 Å². The van der Waals surface area contributed by atoms with Gasteiger partial charge in [0, 0.05) is 11.1 Å². The van der Waals surface area contributed by atoms with Gasteiger partial charge >= 0.3 is 6.09 Å². The van der Waals surface area contributed by atoms with Crippen molar-refractivity contribution in [2.75, 3.05) is 5.75 Å². The van der Waals surface area contributed by atoms with E-state index in [4.69, 9.17) is 0 Å². The number of carboxylic acid groups (broad SMARTS) is 1. The Bertz CT molecular complexity index is 1130. The largest absolute Gasteiger partial charge is 0.465 e. The van der Waals surface area contributed by atoms with Crippen molar-refractivity contribution in [3.8, 4) is 11.5 Å². The first kappa shape index (κ1) is 23.5. The van der Waals surface area contributed by atoms with Crippen LogP contribution in [0.2, 0.25) is 19.6 Å². The summed E-state index contributed by atoms with van der Waals surface area (Å²) >= 11 is 0. The Labute approximate surface area is 184 Å². The third-order valence-electron chi connectivity index (χ3n) is 5.42. The van der Waals surface area contributed by atoms with Crippen molar-refractivity contribution in [1.29, 1.82) is 0 Å². The Balaban J connectivity index is 2.20. The molecule has 1 saturated carbocycles. The Morgan fingerprint density at radius 3 is 2.52 bits per heavy atom. The molecule has 1 aliphatic carbocycles. The minimum atomic E-state index is -2.95. The van der Waals surface area contributed by atoms with Crippen LogP contribution < -0.4 is 5.32 Å². The molecule has 0 saturated heterocycles. The highest BCUT2D eigenvalue weighted by Crippen LogP contribution is 2.41. The van der Waals surface area contributed by atoms with Crippen molar-refractivity contribution in [3.05, 3.63) is 35.1 Å². The number of nitrogens with one attached hydrogen (secondary N) is 1. The van der Waals surface area contributed by atoms with Crippen LogP contribution in [-0.4, -0.2) is 45.9 Å². The number of aliphatic imine (C=N–C) groups is 1. The number of halogens is 1. The Hall–Kier alpha value is -2.18. The van der Waals surface area contributed by atoms with Crippen molar-refractivity contribution in [2.45, 2.75) is 69.6 Å². The van der Waals surface area contributed by atoms with Gasteiger partial charge in [0.15, 0.2) is 0 Å². The van der Waals surface area contributed by atoms with Crippen LogP contribution >= 0.6 is 0 Å². The summed E-state index contributed by atoms with van der Waals surface area (Å²) in [5.41, 5.74) is 2.91. The van der Waals surface area contributed by atoms with Crippen LogP contribution in [0.15, 0.2) is 27.6 Å². The summed E-state index contributed by atoms with van der Waals surface area (Å²) in [6.07, 6.45) is 0.414. The normalized spacial score (nSPS) is 27.5. The molecule has 1 heterocycles. The fraction of sp³-hybridized carbons (Fsp3) is 0.545. The van der Waals surface area contributed by atoms with Gasteiger partial charge in [-0.3, -0.25) is 10.3 Å². The maximum atomic E-state index is 15.0. The van der Waals surface area contributed by atoms with Crippen molar-refractivity contribution in [1.82, 2.24) is 5.32 Å². The first-order valence-electron chi connectivity index (χ1n) is 10.3. The molecule has 31 heavy (non-hydrogen) atoms. The second-order valence-corrected chi connectivity index (χ2v) is 17.5. The van der Waals surface area contributed by atoms with Gasteiger partial charge in [0.05, 0.1) is 21.5 Å². The number of nitrogens with zero attached hydrogens (tertiary/aromatic N) is 2. The zero-order valence-electron chi connectivity index (χ0n) is 18.9. The summed E-state index contributed by atoms with van der Waals surface area (Å²) in [6.45, 7) is 11.4. The highest BCUT2D eigenvalue weighted by atomic mass is 32.2. The SMILES string of the molecule is CC1(C)C(NC(=O)O)=N[C@](C)(c2cc(C#C[Si](C)(C)C)ccc2F)C[S@]1(=O)=NC1CC1. The Kier molecular flexibility index (Phi) is 5.87. The molecular weight excluding hydrogens is 433 g/mol. The molecule has 9 heteroatoms. The first-order chi connectivity index (χ1) is 14.2. The lowest BCUT2D eigenvalue weighted by molar-refractivity contribution is 0.199. The highest BCUT2D eigenvalue weighted by molar-refractivity contribution is 7.95. The molecule has 6 nitrogen and oxygen atoms in total. The van der Waals surface area contributed by atoms with Crippen LogP contribution in [0, 0.1) is 17.3 Å². The smallest absolute Gasteiger partial charge is 0.410 e. The topological polar surface area (TPSA) is 91.1 Å². The molecule has 0 aromatic heterocycles. The number of carbonyl (C=O) groups is 1. The van der Waals surface area contributed by atoms with E-state index < -0.39 is 40.0 Å². The molecule has 1 amide bonds. The molecule has 0 unspecified atom stereocenters. The monoisotopic (exact) mass is 463 g/mol. The molecule has 1 aromatic carbocycles. The number of hydrogen-bond acceptors (Lipinski definition) is 4. The van der Waals surface area contributed by atoms with E-state index in [0.717, 1.165) is 12.8 Å². The van der Waals surface area contributed by atoms with E-state index in [0.29, 0.717) is 5.56 Å². The van der Waals surface area contributed by atoms with Crippen LogP contribution in [0.1, 0.15) is 44.7 Å². The Morgan fingerprint density at radius 2 is 1.97 bits per heavy atom. The van der Waals surface area contributed by atoms with Crippen LogP contribution in [0.3, 0.4) is 0 Å². The first-order valence-corrected chi connectivity index (χ1v) is 15.5. The van der Waals surface area contributed by atoms with E-state index in [1.807, 2.05) is 0 Å². The molecule has 2 atom stereocenters. The summed E-state index contributed by atoms with van der Waals surface area (Å²) in [7, 11) is -4.58. The van der Waals surface area contributed by atoms with E-state index in [2.05, 4.69) is 45.8 Å². The molecule has 0 spiro atoms. The third kappa shape index (κ3) is 5.01. The summed E-state index contributed by atoms with van der Waals surface area (Å²) in [6, 6.07) is 4.60. The summed E-state index contributed by atoms with van der Waals surface area (Å²) in [5.74, 6) is 2.68. The van der Waals surface area contributed by atoms with E-state index in [-0.39, 0.29) is 23.2 Å². The molecule has 0 radical (unpaired) electrons. The maximum absolute atomic E-state index is 15.0. The molecule has 3 rings (SSSR count). The van der Waals surface area contributed by atoms with Crippen molar-refractivity contribution >= 4 is 29.7 Å². The second kappa shape index (κ2) is 7.75. The minimum Gasteiger partial charge on any atom is -0.465 e. The number of amides is 1. The van der Waals surface area contributed by atoms with E-state index in [1.54, 1.807) is 32.9 Å². The van der Waals surface area contributed by atoms with E-state index in [1.165, 1.54) is 6.07 Å². The van der Waals surface area contributed by atoms with Gasteiger partial charge in [0.25, 0.3) is 0 Å². The van der Waals surface area contributed by atoms with Gasteiger partial charge in [-0.2, -0.15) is 0 Å². The van der Waals surface area contributed by atoms with Gasteiger partial charge in [0.2, 0.25) is 0 Å². The van der Waals surface area contributed by atoms with E-state index in [9.17, 15) is 14.1 Å². The molecule has 1 aromatic rings. The molecule has 1 aliphatic heterocycles. The standard InChI is InChI=1S/C22H30FN3O3SSi/c1-21(2)19(24-20(27)28)25-22(3,14-30(21,29)26-16-8-9-16)17-13-15(7-10-18(17)23)11-12-31(4,5)6/h7,10,13,16H,8-9,14H2,1-6H3,(H,24,25)(H,27,28)/t22-,30+/m0/s1. The summed E-state index contributed by atoms with van der Waals surface area (Å²) < 4.78 is 32.6. The molecule has 0 bridgehead atoms. The van der Waals surface area contributed by atoms with Gasteiger partial charge < -0.3 is 5.11 Å². The molecule has 1 fully saturated rings. The zero-order chi connectivity index (χ0) is 23.2. The van der Waals surface area contributed by atoms with Crippen LogP contribution in [0.25, 0.3) is 0 Å². The highest BCUT2D eigenvalue weighted by Gasteiger charge is 2.50. The fourth-order valence-electron chi connectivity index (χ4n) is 3.41. The molecular formula is C22H30FN3O3SSi. The van der Waals surface area contributed by atoms with Crippen LogP contribution in [0.5, 0.6) is 0 Å². The predicted octanol–water partition coefficient (Wildman–Crippen LogP) is 4.36. The minimum absolute atomic E-state index is 0.000930.